The van der Waals surface area contributed by atoms with Crippen molar-refractivity contribution < 1.29 is 19.1 Å². The maximum atomic E-state index is 12.9. The van der Waals surface area contributed by atoms with Gasteiger partial charge in [-0.2, -0.15) is 0 Å². The van der Waals surface area contributed by atoms with Crippen molar-refractivity contribution in [2.75, 3.05) is 4.90 Å². The van der Waals surface area contributed by atoms with E-state index in [2.05, 4.69) is 27.7 Å². The third-order valence-electron chi connectivity index (χ3n) is 6.48. The highest BCUT2D eigenvalue weighted by molar-refractivity contribution is 6.22. The Bertz CT molecular complexity index is 1000. The van der Waals surface area contributed by atoms with E-state index in [-0.39, 0.29) is 29.1 Å². The van der Waals surface area contributed by atoms with Gasteiger partial charge in [0.1, 0.15) is 5.75 Å². The molecule has 0 unspecified atom stereocenters. The van der Waals surface area contributed by atoms with E-state index in [0.29, 0.717) is 22.9 Å². The standard InChI is InChI=1S/C26H29NO4/c1-16-5-14-21-22(15-16)24(29)27(23(21)28)19-10-6-17(7-11-19)25(30)31-20-12-8-18(9-13-20)26(2,3)4/h6-13,16,21-22H,5,14-15H2,1-4H3/t16-,21-,22-/m1/s1. The van der Waals surface area contributed by atoms with Gasteiger partial charge < -0.3 is 4.74 Å². The van der Waals surface area contributed by atoms with Crippen molar-refractivity contribution in [3.63, 3.8) is 0 Å². The van der Waals surface area contributed by atoms with Crippen LogP contribution in [-0.4, -0.2) is 17.8 Å². The van der Waals surface area contributed by atoms with Gasteiger partial charge in [0.05, 0.1) is 23.1 Å². The number of carbonyl (C=O) groups is 3. The Labute approximate surface area is 183 Å². The molecule has 2 aromatic rings. The monoisotopic (exact) mass is 419 g/mol. The molecule has 2 fully saturated rings. The molecular weight excluding hydrogens is 390 g/mol. The molecule has 2 amide bonds. The van der Waals surface area contributed by atoms with Gasteiger partial charge in [0.25, 0.3) is 0 Å². The van der Waals surface area contributed by atoms with Gasteiger partial charge in [0.15, 0.2) is 0 Å². The normalized spacial score (nSPS) is 23.6. The summed E-state index contributed by atoms with van der Waals surface area (Å²) in [5, 5.41) is 0. The molecule has 4 rings (SSSR count). The van der Waals surface area contributed by atoms with Crippen LogP contribution in [0.25, 0.3) is 0 Å². The Kier molecular flexibility index (Phi) is 5.46. The van der Waals surface area contributed by atoms with Gasteiger partial charge in [0.2, 0.25) is 11.8 Å². The van der Waals surface area contributed by atoms with Gasteiger partial charge in [-0.25, -0.2) is 4.79 Å². The van der Waals surface area contributed by atoms with Gasteiger partial charge in [-0.05, 0) is 72.6 Å². The lowest BCUT2D eigenvalue weighted by Gasteiger charge is -2.25. The van der Waals surface area contributed by atoms with E-state index in [1.807, 2.05) is 12.1 Å². The number of imide groups is 1. The molecule has 0 bridgehead atoms. The number of esters is 1. The van der Waals surface area contributed by atoms with Crippen LogP contribution in [0.4, 0.5) is 5.69 Å². The molecule has 31 heavy (non-hydrogen) atoms. The van der Waals surface area contributed by atoms with Crippen LogP contribution in [0.5, 0.6) is 5.75 Å². The number of carbonyl (C=O) groups excluding carboxylic acids is 3. The average molecular weight is 420 g/mol. The van der Waals surface area contributed by atoms with Crippen molar-refractivity contribution in [1.82, 2.24) is 0 Å². The largest absolute Gasteiger partial charge is 0.423 e. The maximum Gasteiger partial charge on any atom is 0.343 e. The molecular formula is C26H29NO4. The summed E-state index contributed by atoms with van der Waals surface area (Å²) < 4.78 is 5.48. The Morgan fingerprint density at radius 3 is 2.13 bits per heavy atom. The van der Waals surface area contributed by atoms with E-state index in [1.54, 1.807) is 36.4 Å². The fraction of sp³-hybridized carbons (Fsp3) is 0.423. The van der Waals surface area contributed by atoms with E-state index >= 15 is 0 Å². The van der Waals surface area contributed by atoms with Crippen LogP contribution in [0.2, 0.25) is 0 Å². The molecule has 1 saturated heterocycles. The zero-order valence-electron chi connectivity index (χ0n) is 18.6. The highest BCUT2D eigenvalue weighted by Crippen LogP contribution is 2.42. The summed E-state index contributed by atoms with van der Waals surface area (Å²) in [7, 11) is 0. The molecule has 5 heteroatoms. The summed E-state index contributed by atoms with van der Waals surface area (Å²) in [5.74, 6) is -0.178. The Balaban J connectivity index is 1.46. The van der Waals surface area contributed by atoms with Gasteiger partial charge in [-0.15, -0.1) is 0 Å². The second kappa shape index (κ2) is 7.95. The lowest BCUT2D eigenvalue weighted by atomic mass is 9.76. The summed E-state index contributed by atoms with van der Waals surface area (Å²) in [6.07, 6.45) is 2.52. The molecule has 1 heterocycles. The first kappa shape index (κ1) is 21.3. The first-order valence-corrected chi connectivity index (χ1v) is 11.0. The summed E-state index contributed by atoms with van der Waals surface area (Å²) >= 11 is 0. The smallest absolute Gasteiger partial charge is 0.343 e. The number of ether oxygens (including phenoxy) is 1. The minimum Gasteiger partial charge on any atom is -0.423 e. The quantitative estimate of drug-likeness (QED) is 0.393. The molecule has 0 aromatic heterocycles. The van der Waals surface area contributed by atoms with Gasteiger partial charge in [-0.3, -0.25) is 14.5 Å². The van der Waals surface area contributed by atoms with Crippen LogP contribution in [-0.2, 0) is 15.0 Å². The van der Waals surface area contributed by atoms with Crippen molar-refractivity contribution in [1.29, 1.82) is 0 Å². The number of benzene rings is 2. The highest BCUT2D eigenvalue weighted by atomic mass is 16.5. The third kappa shape index (κ3) is 4.14. The molecule has 1 saturated carbocycles. The predicted molar refractivity (Wildman–Crippen MR) is 119 cm³/mol. The third-order valence-corrected chi connectivity index (χ3v) is 6.48. The SMILES string of the molecule is C[C@@H]1CC[C@H]2C(=O)N(c3ccc(C(=O)Oc4ccc(C(C)(C)C)cc4)cc3)C(=O)[C@@H]2C1. The summed E-state index contributed by atoms with van der Waals surface area (Å²) in [4.78, 5) is 39.5. The van der Waals surface area contributed by atoms with Crippen molar-refractivity contribution in [2.24, 2.45) is 17.8 Å². The second-order valence-electron chi connectivity index (χ2n) is 9.85. The minimum atomic E-state index is -0.475. The number of rotatable bonds is 3. The fourth-order valence-corrected chi connectivity index (χ4v) is 4.58. The summed E-state index contributed by atoms with van der Waals surface area (Å²) in [5.41, 5.74) is 2.07. The number of hydrogen-bond donors (Lipinski definition) is 0. The maximum absolute atomic E-state index is 12.9. The van der Waals surface area contributed by atoms with E-state index < -0.39 is 5.97 Å². The summed E-state index contributed by atoms with van der Waals surface area (Å²) in [6.45, 7) is 8.51. The minimum absolute atomic E-state index is 0.0261. The zero-order valence-corrected chi connectivity index (χ0v) is 18.6. The predicted octanol–water partition coefficient (Wildman–Crippen LogP) is 5.13. The van der Waals surface area contributed by atoms with E-state index in [4.69, 9.17) is 4.74 Å². The van der Waals surface area contributed by atoms with Crippen molar-refractivity contribution >= 4 is 23.5 Å². The molecule has 5 nitrogen and oxygen atoms in total. The Hall–Kier alpha value is -2.95. The molecule has 0 N–H and O–H groups in total. The first-order chi connectivity index (χ1) is 14.6. The second-order valence-corrected chi connectivity index (χ2v) is 9.85. The molecule has 2 aromatic carbocycles. The van der Waals surface area contributed by atoms with Crippen LogP contribution in [0.15, 0.2) is 48.5 Å². The van der Waals surface area contributed by atoms with E-state index in [0.717, 1.165) is 24.8 Å². The topological polar surface area (TPSA) is 63.7 Å². The van der Waals surface area contributed by atoms with Crippen molar-refractivity contribution in [2.45, 2.75) is 52.4 Å². The molecule has 162 valence electrons. The zero-order chi connectivity index (χ0) is 22.3. The van der Waals surface area contributed by atoms with Crippen molar-refractivity contribution in [3.05, 3.63) is 59.7 Å². The number of hydrogen-bond acceptors (Lipinski definition) is 4. The van der Waals surface area contributed by atoms with E-state index in [1.165, 1.54) is 4.90 Å². The molecule has 0 radical (unpaired) electrons. The van der Waals surface area contributed by atoms with Gasteiger partial charge >= 0.3 is 5.97 Å². The number of amides is 2. The number of anilines is 1. The van der Waals surface area contributed by atoms with Crippen LogP contribution < -0.4 is 9.64 Å². The molecule has 3 atom stereocenters. The number of fused-ring (bicyclic) bond motifs is 1. The first-order valence-electron chi connectivity index (χ1n) is 11.0. The lowest BCUT2D eigenvalue weighted by molar-refractivity contribution is -0.122. The summed E-state index contributed by atoms with van der Waals surface area (Å²) in [6, 6.07) is 14.0. The van der Waals surface area contributed by atoms with Crippen LogP contribution >= 0.6 is 0 Å². The van der Waals surface area contributed by atoms with Gasteiger partial charge in [0, 0.05) is 0 Å². The lowest BCUT2D eigenvalue weighted by Crippen LogP contribution is -2.30. The van der Waals surface area contributed by atoms with E-state index in [9.17, 15) is 14.4 Å². The highest BCUT2D eigenvalue weighted by Gasteiger charge is 2.49. The molecule has 1 aliphatic carbocycles. The number of nitrogens with zero attached hydrogens (tertiary/aromatic N) is 1. The van der Waals surface area contributed by atoms with Gasteiger partial charge in [-0.1, -0.05) is 39.8 Å². The fourth-order valence-electron chi connectivity index (χ4n) is 4.58. The van der Waals surface area contributed by atoms with Crippen LogP contribution in [0, 0.1) is 17.8 Å². The van der Waals surface area contributed by atoms with Crippen molar-refractivity contribution in [3.8, 4) is 5.75 Å². The van der Waals surface area contributed by atoms with Crippen LogP contribution in [0.3, 0.4) is 0 Å². The molecule has 1 aliphatic heterocycles. The Morgan fingerprint density at radius 2 is 1.52 bits per heavy atom. The average Bonchev–Trinajstić information content (AvgIpc) is 2.97. The van der Waals surface area contributed by atoms with Crippen LogP contribution in [0.1, 0.15) is 62.9 Å². The Morgan fingerprint density at radius 1 is 0.903 bits per heavy atom. The molecule has 2 aliphatic rings. The molecule has 0 spiro atoms.